The Bertz CT molecular complexity index is 616. The Balaban J connectivity index is 2.28. The van der Waals surface area contributed by atoms with E-state index in [0.717, 1.165) is 11.0 Å². The van der Waals surface area contributed by atoms with Gasteiger partial charge in [-0.1, -0.05) is 23.2 Å². The van der Waals surface area contributed by atoms with Crippen LogP contribution in [-0.4, -0.2) is 40.1 Å². The summed E-state index contributed by atoms with van der Waals surface area (Å²) in [7, 11) is 0. The van der Waals surface area contributed by atoms with Crippen LogP contribution in [0.3, 0.4) is 0 Å². The lowest BCUT2D eigenvalue weighted by atomic mass is 10.2. The number of hydrogen-bond donors (Lipinski definition) is 3. The summed E-state index contributed by atoms with van der Waals surface area (Å²) in [6.07, 6.45) is 1.08. The molecule has 0 saturated heterocycles. The Hall–Kier alpha value is -1.76. The fraction of sp³-hybridized carbons (Fsp3) is 0.167. The molecule has 0 spiro atoms. The van der Waals surface area contributed by atoms with Crippen molar-refractivity contribution in [3.8, 4) is 5.75 Å². The first-order valence-electron chi connectivity index (χ1n) is 5.58. The van der Waals surface area contributed by atoms with Crippen LogP contribution >= 0.6 is 23.2 Å². The van der Waals surface area contributed by atoms with Gasteiger partial charge in [-0.05, 0) is 12.1 Å². The monoisotopic (exact) mass is 316 g/mol. The molecule has 1 aliphatic rings. The molecule has 106 valence electrons. The van der Waals surface area contributed by atoms with Crippen LogP contribution in [0.5, 0.6) is 5.75 Å². The van der Waals surface area contributed by atoms with Gasteiger partial charge in [0.15, 0.2) is 0 Å². The zero-order valence-corrected chi connectivity index (χ0v) is 11.6. The number of aliphatic hydroxyl groups is 1. The number of aromatic hydroxyl groups is 1. The van der Waals surface area contributed by atoms with E-state index in [1.807, 2.05) is 0 Å². The molecule has 0 bridgehead atoms. The highest BCUT2D eigenvalue weighted by atomic mass is 35.5. The van der Waals surface area contributed by atoms with Gasteiger partial charge in [0.2, 0.25) is 0 Å². The zero-order chi connectivity index (χ0) is 14.9. The number of aliphatic hydroxyl groups excluding tert-OH is 1. The standard InChI is InChI=1S/C12H10Cl2N2O4/c13-6-1-2-8(18)10(14)11(6)15-7-5-9(19)16(3-4-17)12(7)20/h1-2,5,15,17-18H,3-4H2. The van der Waals surface area contributed by atoms with Crippen molar-refractivity contribution >= 4 is 40.7 Å². The van der Waals surface area contributed by atoms with E-state index in [1.54, 1.807) is 0 Å². The molecule has 0 atom stereocenters. The van der Waals surface area contributed by atoms with Gasteiger partial charge >= 0.3 is 0 Å². The first kappa shape index (κ1) is 14.6. The fourth-order valence-corrected chi connectivity index (χ4v) is 2.17. The molecule has 0 saturated carbocycles. The summed E-state index contributed by atoms with van der Waals surface area (Å²) < 4.78 is 0. The average molecular weight is 317 g/mol. The molecule has 2 amide bonds. The minimum atomic E-state index is -0.598. The van der Waals surface area contributed by atoms with Crippen LogP contribution in [0.4, 0.5) is 5.69 Å². The quantitative estimate of drug-likeness (QED) is 0.730. The first-order chi connectivity index (χ1) is 9.45. The molecule has 0 aliphatic carbocycles. The van der Waals surface area contributed by atoms with E-state index in [9.17, 15) is 14.7 Å². The molecule has 1 aromatic rings. The maximum atomic E-state index is 11.9. The molecular formula is C12H10Cl2N2O4. The molecule has 8 heteroatoms. The minimum absolute atomic E-state index is 0.0298. The van der Waals surface area contributed by atoms with E-state index in [0.29, 0.717) is 0 Å². The maximum absolute atomic E-state index is 11.9. The number of benzene rings is 1. The molecule has 0 unspecified atom stereocenters. The van der Waals surface area contributed by atoms with Gasteiger partial charge in [-0.3, -0.25) is 14.5 Å². The zero-order valence-electron chi connectivity index (χ0n) is 10.1. The molecule has 3 N–H and O–H groups in total. The topological polar surface area (TPSA) is 89.9 Å². The van der Waals surface area contributed by atoms with Crippen molar-refractivity contribution < 1.29 is 19.8 Å². The summed E-state index contributed by atoms with van der Waals surface area (Å²) in [6, 6.07) is 2.71. The van der Waals surface area contributed by atoms with Crippen LogP contribution in [-0.2, 0) is 9.59 Å². The number of hydrogen-bond acceptors (Lipinski definition) is 5. The highest BCUT2D eigenvalue weighted by molar-refractivity contribution is 6.40. The van der Waals surface area contributed by atoms with E-state index in [-0.39, 0.29) is 40.3 Å². The molecule has 20 heavy (non-hydrogen) atoms. The third-order valence-corrected chi connectivity index (χ3v) is 3.36. The first-order valence-corrected chi connectivity index (χ1v) is 6.33. The number of β-amino-alcohol motifs (C(OH)–C–C–N with tert-alkyl or cyclic N) is 1. The summed E-state index contributed by atoms with van der Waals surface area (Å²) in [6.45, 7) is -0.424. The molecule has 1 heterocycles. The number of amides is 2. The largest absolute Gasteiger partial charge is 0.506 e. The summed E-state index contributed by atoms with van der Waals surface area (Å²) in [5, 5.41) is 21.1. The number of anilines is 1. The lowest BCUT2D eigenvalue weighted by molar-refractivity contribution is -0.137. The van der Waals surface area contributed by atoms with E-state index in [2.05, 4.69) is 5.32 Å². The molecule has 2 rings (SSSR count). The number of halogens is 2. The second-order valence-corrected chi connectivity index (χ2v) is 4.74. The minimum Gasteiger partial charge on any atom is -0.506 e. The molecule has 6 nitrogen and oxygen atoms in total. The van der Waals surface area contributed by atoms with E-state index < -0.39 is 11.8 Å². The lowest BCUT2D eigenvalue weighted by Crippen LogP contribution is -2.34. The van der Waals surface area contributed by atoms with Crippen molar-refractivity contribution in [2.24, 2.45) is 0 Å². The van der Waals surface area contributed by atoms with Crippen LogP contribution in [0, 0.1) is 0 Å². The summed E-state index contributed by atoms with van der Waals surface area (Å²) in [5.41, 5.74) is 0.101. The predicted octanol–water partition coefficient (Wildman–Crippen LogP) is 1.36. The Morgan fingerprint density at radius 1 is 1.25 bits per heavy atom. The van der Waals surface area contributed by atoms with Crippen molar-refractivity contribution in [1.82, 2.24) is 4.90 Å². The predicted molar refractivity (Wildman–Crippen MR) is 73.6 cm³/mol. The van der Waals surface area contributed by atoms with Gasteiger partial charge in [0.25, 0.3) is 11.8 Å². The molecule has 0 radical (unpaired) electrons. The van der Waals surface area contributed by atoms with Crippen LogP contribution in [0.1, 0.15) is 0 Å². The van der Waals surface area contributed by atoms with Gasteiger partial charge < -0.3 is 15.5 Å². The number of phenolic OH excluding ortho intramolecular Hbond substituents is 1. The maximum Gasteiger partial charge on any atom is 0.277 e. The number of rotatable bonds is 4. The Labute approximate surface area is 124 Å². The second-order valence-electron chi connectivity index (χ2n) is 3.96. The number of phenols is 1. The van der Waals surface area contributed by atoms with Crippen molar-refractivity contribution in [3.05, 3.63) is 34.0 Å². The lowest BCUT2D eigenvalue weighted by Gasteiger charge is -2.14. The third kappa shape index (κ3) is 2.58. The van der Waals surface area contributed by atoms with Gasteiger partial charge in [0, 0.05) is 6.08 Å². The van der Waals surface area contributed by atoms with E-state index in [4.69, 9.17) is 28.3 Å². The number of nitrogens with one attached hydrogen (secondary N) is 1. The summed E-state index contributed by atoms with van der Waals surface area (Å²) >= 11 is 11.8. The third-order valence-electron chi connectivity index (χ3n) is 2.66. The van der Waals surface area contributed by atoms with Gasteiger partial charge in [0.05, 0.1) is 23.9 Å². The molecule has 1 aromatic carbocycles. The number of carbonyl (C=O) groups excluding carboxylic acids is 2. The summed E-state index contributed by atoms with van der Waals surface area (Å²) in [4.78, 5) is 24.4. The molecule has 1 aliphatic heterocycles. The van der Waals surface area contributed by atoms with E-state index >= 15 is 0 Å². The molecular weight excluding hydrogens is 307 g/mol. The smallest absolute Gasteiger partial charge is 0.277 e. The van der Waals surface area contributed by atoms with Crippen LogP contribution in [0.15, 0.2) is 23.9 Å². The van der Waals surface area contributed by atoms with Gasteiger partial charge in [-0.15, -0.1) is 0 Å². The van der Waals surface area contributed by atoms with E-state index in [1.165, 1.54) is 12.1 Å². The number of carbonyl (C=O) groups is 2. The average Bonchev–Trinajstić information content (AvgIpc) is 2.67. The van der Waals surface area contributed by atoms with Crippen molar-refractivity contribution in [3.63, 3.8) is 0 Å². The molecule has 0 fully saturated rings. The Morgan fingerprint density at radius 3 is 2.60 bits per heavy atom. The number of nitrogens with zero attached hydrogens (tertiary/aromatic N) is 1. The van der Waals surface area contributed by atoms with Crippen LogP contribution in [0.2, 0.25) is 10.0 Å². The van der Waals surface area contributed by atoms with Crippen molar-refractivity contribution in [1.29, 1.82) is 0 Å². The van der Waals surface area contributed by atoms with Crippen LogP contribution in [0.25, 0.3) is 0 Å². The highest BCUT2D eigenvalue weighted by Gasteiger charge is 2.31. The Kier molecular flexibility index (Phi) is 4.17. The van der Waals surface area contributed by atoms with Gasteiger partial charge in [-0.2, -0.15) is 0 Å². The van der Waals surface area contributed by atoms with Crippen molar-refractivity contribution in [2.75, 3.05) is 18.5 Å². The van der Waals surface area contributed by atoms with Crippen molar-refractivity contribution in [2.45, 2.75) is 0 Å². The highest BCUT2D eigenvalue weighted by Crippen LogP contribution is 2.38. The van der Waals surface area contributed by atoms with Crippen LogP contribution < -0.4 is 5.32 Å². The molecule has 0 aromatic heterocycles. The van der Waals surface area contributed by atoms with Gasteiger partial charge in [-0.25, -0.2) is 0 Å². The number of imide groups is 1. The van der Waals surface area contributed by atoms with Gasteiger partial charge in [0.1, 0.15) is 16.5 Å². The summed E-state index contributed by atoms with van der Waals surface area (Å²) in [5.74, 6) is -1.35. The fourth-order valence-electron chi connectivity index (χ4n) is 1.70. The SMILES string of the molecule is O=C1C=C(Nc2c(Cl)ccc(O)c2Cl)C(=O)N1CCO. The normalized spacial score (nSPS) is 14.8. The Morgan fingerprint density at radius 2 is 1.95 bits per heavy atom. The second kappa shape index (κ2) is 5.70.